The first-order chi connectivity index (χ1) is 8.72. The summed E-state index contributed by atoms with van der Waals surface area (Å²) in [5, 5.41) is 3.14. The van der Waals surface area contributed by atoms with E-state index >= 15 is 0 Å². The largest absolute Gasteiger partial charge is 0.370 e. The second kappa shape index (κ2) is 9.20. The Morgan fingerprint density at radius 1 is 1.33 bits per heavy atom. The van der Waals surface area contributed by atoms with Crippen LogP contribution in [-0.2, 0) is 0 Å². The minimum atomic E-state index is 0.607. The van der Waals surface area contributed by atoms with Crippen molar-refractivity contribution in [1.82, 2.24) is 10.2 Å². The molecule has 0 atom stereocenters. The highest BCUT2D eigenvalue weighted by molar-refractivity contribution is 5.77. The predicted octanol–water partition coefficient (Wildman–Crippen LogP) is 1.81. The first-order valence-electron chi connectivity index (χ1n) is 7.48. The van der Waals surface area contributed by atoms with Gasteiger partial charge in [-0.3, -0.25) is 4.99 Å². The Labute approximate surface area is 112 Å². The van der Waals surface area contributed by atoms with Gasteiger partial charge in [0.1, 0.15) is 0 Å². The summed E-state index contributed by atoms with van der Waals surface area (Å²) in [4.78, 5) is 6.90. The SMILES string of the molecule is CCCCNC(N)=NCCCN1CCC(C)CC1. The van der Waals surface area contributed by atoms with E-state index in [1.54, 1.807) is 0 Å². The third kappa shape index (κ3) is 6.84. The normalized spacial score (nSPS) is 19.1. The number of rotatable bonds is 7. The minimum Gasteiger partial charge on any atom is -0.370 e. The molecule has 0 spiro atoms. The number of piperidine rings is 1. The van der Waals surface area contributed by atoms with Crippen LogP contribution in [0.5, 0.6) is 0 Å². The van der Waals surface area contributed by atoms with Gasteiger partial charge in [-0.2, -0.15) is 0 Å². The van der Waals surface area contributed by atoms with Crippen molar-refractivity contribution >= 4 is 5.96 Å². The van der Waals surface area contributed by atoms with E-state index in [4.69, 9.17) is 5.73 Å². The zero-order valence-electron chi connectivity index (χ0n) is 12.1. The molecule has 0 aromatic rings. The summed E-state index contributed by atoms with van der Waals surface area (Å²) in [6, 6.07) is 0. The fourth-order valence-electron chi connectivity index (χ4n) is 2.23. The second-order valence-corrected chi connectivity index (χ2v) is 5.43. The van der Waals surface area contributed by atoms with E-state index in [9.17, 15) is 0 Å². The van der Waals surface area contributed by atoms with Gasteiger partial charge in [-0.1, -0.05) is 20.3 Å². The Morgan fingerprint density at radius 3 is 2.72 bits per heavy atom. The number of hydrogen-bond donors (Lipinski definition) is 2. The lowest BCUT2D eigenvalue weighted by atomic mass is 9.99. The van der Waals surface area contributed by atoms with Crippen LogP contribution in [0.2, 0.25) is 0 Å². The van der Waals surface area contributed by atoms with Gasteiger partial charge in [-0.25, -0.2) is 0 Å². The summed E-state index contributed by atoms with van der Waals surface area (Å²) < 4.78 is 0. The van der Waals surface area contributed by atoms with E-state index in [2.05, 4.69) is 29.1 Å². The maximum atomic E-state index is 5.78. The average Bonchev–Trinajstić information content (AvgIpc) is 2.37. The fourth-order valence-corrected chi connectivity index (χ4v) is 2.23. The third-order valence-electron chi connectivity index (χ3n) is 3.63. The Balaban J connectivity index is 2.01. The molecule has 0 amide bonds. The van der Waals surface area contributed by atoms with Gasteiger partial charge in [-0.05, 0) is 51.2 Å². The molecule has 1 aliphatic heterocycles. The topological polar surface area (TPSA) is 53.6 Å². The Kier molecular flexibility index (Phi) is 7.81. The molecule has 3 N–H and O–H groups in total. The third-order valence-corrected chi connectivity index (χ3v) is 3.63. The molecule has 1 fully saturated rings. The summed E-state index contributed by atoms with van der Waals surface area (Å²) in [5.41, 5.74) is 5.78. The van der Waals surface area contributed by atoms with E-state index < -0.39 is 0 Å². The average molecular weight is 254 g/mol. The number of nitrogens with zero attached hydrogens (tertiary/aromatic N) is 2. The van der Waals surface area contributed by atoms with Crippen molar-refractivity contribution in [2.75, 3.05) is 32.7 Å². The summed E-state index contributed by atoms with van der Waals surface area (Å²) >= 11 is 0. The highest BCUT2D eigenvalue weighted by Crippen LogP contribution is 2.15. The lowest BCUT2D eigenvalue weighted by Gasteiger charge is -2.29. The molecule has 106 valence electrons. The monoisotopic (exact) mass is 254 g/mol. The Morgan fingerprint density at radius 2 is 2.06 bits per heavy atom. The van der Waals surface area contributed by atoms with Crippen molar-refractivity contribution in [3.05, 3.63) is 0 Å². The molecule has 0 bridgehead atoms. The number of unbranched alkanes of at least 4 members (excludes halogenated alkanes) is 1. The number of nitrogens with two attached hydrogens (primary N) is 1. The lowest BCUT2D eigenvalue weighted by Crippen LogP contribution is -2.34. The Bertz CT molecular complexity index is 232. The van der Waals surface area contributed by atoms with Gasteiger partial charge in [0.15, 0.2) is 5.96 Å². The van der Waals surface area contributed by atoms with E-state index in [-0.39, 0.29) is 0 Å². The summed E-state index contributed by atoms with van der Waals surface area (Å²) in [6.07, 6.45) is 6.16. The standard InChI is InChI=1S/C14H30N4/c1-3-4-8-16-14(15)17-9-5-10-18-11-6-13(2)7-12-18/h13H,3-12H2,1-2H3,(H3,15,16,17). The van der Waals surface area contributed by atoms with Gasteiger partial charge < -0.3 is 16.0 Å². The van der Waals surface area contributed by atoms with Gasteiger partial charge >= 0.3 is 0 Å². The molecule has 0 radical (unpaired) electrons. The van der Waals surface area contributed by atoms with E-state index in [0.29, 0.717) is 5.96 Å². The molecule has 1 aliphatic rings. The molecular weight excluding hydrogens is 224 g/mol. The van der Waals surface area contributed by atoms with Crippen molar-refractivity contribution in [3.63, 3.8) is 0 Å². The van der Waals surface area contributed by atoms with Gasteiger partial charge in [0.05, 0.1) is 0 Å². The summed E-state index contributed by atoms with van der Waals surface area (Å²) in [6.45, 7) is 9.99. The van der Waals surface area contributed by atoms with E-state index in [0.717, 1.165) is 31.8 Å². The number of aliphatic imine (C=N–C) groups is 1. The molecule has 4 heteroatoms. The molecule has 0 saturated carbocycles. The smallest absolute Gasteiger partial charge is 0.188 e. The van der Waals surface area contributed by atoms with Gasteiger partial charge in [-0.15, -0.1) is 0 Å². The Hall–Kier alpha value is -0.770. The van der Waals surface area contributed by atoms with E-state index in [1.807, 2.05) is 0 Å². The van der Waals surface area contributed by atoms with Crippen molar-refractivity contribution in [2.24, 2.45) is 16.6 Å². The lowest BCUT2D eigenvalue weighted by molar-refractivity contribution is 0.192. The van der Waals surface area contributed by atoms with Crippen molar-refractivity contribution < 1.29 is 0 Å². The first-order valence-corrected chi connectivity index (χ1v) is 7.48. The molecule has 0 aliphatic carbocycles. The van der Waals surface area contributed by atoms with Crippen LogP contribution >= 0.6 is 0 Å². The molecule has 1 heterocycles. The zero-order valence-corrected chi connectivity index (χ0v) is 12.1. The molecule has 4 nitrogen and oxygen atoms in total. The van der Waals surface area contributed by atoms with Crippen LogP contribution in [0.25, 0.3) is 0 Å². The van der Waals surface area contributed by atoms with Crippen molar-refractivity contribution in [3.8, 4) is 0 Å². The van der Waals surface area contributed by atoms with Crippen LogP contribution in [0.3, 0.4) is 0 Å². The second-order valence-electron chi connectivity index (χ2n) is 5.43. The van der Waals surface area contributed by atoms with E-state index in [1.165, 1.54) is 38.9 Å². The molecule has 1 saturated heterocycles. The fraction of sp³-hybridized carbons (Fsp3) is 0.929. The highest BCUT2D eigenvalue weighted by atomic mass is 15.1. The zero-order chi connectivity index (χ0) is 13.2. The molecule has 18 heavy (non-hydrogen) atoms. The maximum Gasteiger partial charge on any atom is 0.188 e. The number of hydrogen-bond acceptors (Lipinski definition) is 2. The number of guanidine groups is 1. The number of nitrogens with one attached hydrogen (secondary N) is 1. The first kappa shape index (κ1) is 15.3. The molecule has 1 rings (SSSR count). The van der Waals surface area contributed by atoms with Crippen LogP contribution in [0.4, 0.5) is 0 Å². The van der Waals surface area contributed by atoms with Crippen LogP contribution in [0, 0.1) is 5.92 Å². The maximum absolute atomic E-state index is 5.78. The van der Waals surface area contributed by atoms with Crippen LogP contribution in [0.1, 0.15) is 46.0 Å². The van der Waals surface area contributed by atoms with Crippen molar-refractivity contribution in [2.45, 2.75) is 46.0 Å². The minimum absolute atomic E-state index is 0.607. The molecule has 0 aromatic carbocycles. The van der Waals surface area contributed by atoms with Crippen molar-refractivity contribution in [1.29, 1.82) is 0 Å². The van der Waals surface area contributed by atoms with Crippen LogP contribution < -0.4 is 11.1 Å². The van der Waals surface area contributed by atoms with Gasteiger partial charge in [0.2, 0.25) is 0 Å². The highest BCUT2D eigenvalue weighted by Gasteiger charge is 2.14. The quantitative estimate of drug-likeness (QED) is 0.414. The molecule has 0 aromatic heterocycles. The predicted molar refractivity (Wildman–Crippen MR) is 78.9 cm³/mol. The van der Waals surface area contributed by atoms with Crippen LogP contribution in [-0.4, -0.2) is 43.6 Å². The number of likely N-dealkylation sites (tertiary alicyclic amines) is 1. The summed E-state index contributed by atoms with van der Waals surface area (Å²) in [5.74, 6) is 1.52. The molecule has 0 unspecified atom stereocenters. The van der Waals surface area contributed by atoms with Gasteiger partial charge in [0, 0.05) is 13.1 Å². The van der Waals surface area contributed by atoms with Crippen LogP contribution in [0.15, 0.2) is 4.99 Å². The summed E-state index contributed by atoms with van der Waals surface area (Å²) in [7, 11) is 0. The van der Waals surface area contributed by atoms with Gasteiger partial charge in [0.25, 0.3) is 0 Å². The molecular formula is C14H30N4.